The lowest BCUT2D eigenvalue weighted by molar-refractivity contribution is 1.23. The fourth-order valence-corrected chi connectivity index (χ4v) is 23.2. The Bertz CT molecular complexity index is 6060. The average molecular weight is 1250 g/mol. The smallest absolute Gasteiger partial charge is 0.252 e. The lowest BCUT2D eigenvalue weighted by atomic mass is 9.33. The molecular formula is C90H56BN5Si. The third-order valence-electron chi connectivity index (χ3n) is 21.9. The van der Waals surface area contributed by atoms with Gasteiger partial charge in [0, 0.05) is 88.6 Å². The Morgan fingerprint density at radius 1 is 0.227 bits per heavy atom. The topological polar surface area (TPSA) is 18.5 Å². The number of benzene rings is 15. The Balaban J connectivity index is 0.907. The third kappa shape index (κ3) is 7.12. The van der Waals surface area contributed by atoms with Crippen LogP contribution in [0.3, 0.4) is 0 Å². The van der Waals surface area contributed by atoms with Gasteiger partial charge in [-0.2, -0.15) is 0 Å². The highest BCUT2D eigenvalue weighted by Crippen LogP contribution is 2.52. The van der Waals surface area contributed by atoms with Crippen LogP contribution in [0.15, 0.2) is 340 Å². The highest BCUT2D eigenvalue weighted by molar-refractivity contribution is 7.21. The molecule has 0 N–H and O–H groups in total. The van der Waals surface area contributed by atoms with Crippen LogP contribution in [0.4, 0.5) is 51.2 Å². The highest BCUT2D eigenvalue weighted by Gasteiger charge is 2.51. The number of aromatic nitrogens is 2. The third-order valence-corrected chi connectivity index (χ3v) is 26.8. The van der Waals surface area contributed by atoms with E-state index in [0.29, 0.717) is 0 Å². The van der Waals surface area contributed by atoms with Gasteiger partial charge in [0.25, 0.3) is 6.71 Å². The van der Waals surface area contributed by atoms with E-state index < -0.39 is 8.07 Å². The molecule has 19 aromatic rings. The SMILES string of the molecule is c1ccc(-c2ccc3c(c2)[Si](c2ccccc2)(c2ccccc2)c2cc(-c4ccccc4)ccc2N3c2cc3c4c(c2)N(c2ccccc2)c2cc5c(cc2B4c2cc4c6cccc7c8ccccc8n(c4cc2N3c2ccccc2)c76)c2cccc3c4ccccc4n5c32)cc1. The van der Waals surface area contributed by atoms with Gasteiger partial charge < -0.3 is 23.5 Å². The van der Waals surface area contributed by atoms with E-state index in [1.54, 1.807) is 0 Å². The predicted molar refractivity (Wildman–Crippen MR) is 413 cm³/mol. The molecule has 0 spiro atoms. The molecule has 7 heterocycles. The highest BCUT2D eigenvalue weighted by atomic mass is 28.3. The van der Waals surface area contributed by atoms with Crippen LogP contribution in [0, 0.1) is 0 Å². The van der Waals surface area contributed by atoms with Gasteiger partial charge in [0.05, 0.1) is 38.8 Å². The van der Waals surface area contributed by atoms with E-state index in [9.17, 15) is 0 Å². The summed E-state index contributed by atoms with van der Waals surface area (Å²) in [4.78, 5) is 7.89. The van der Waals surface area contributed by atoms with Crippen LogP contribution in [0.5, 0.6) is 0 Å². The molecule has 0 fully saturated rings. The number of hydrogen-bond donors (Lipinski definition) is 0. The molecule has 448 valence electrons. The van der Waals surface area contributed by atoms with Gasteiger partial charge in [-0.3, -0.25) is 0 Å². The Kier molecular flexibility index (Phi) is 10.8. The van der Waals surface area contributed by atoms with Crippen molar-refractivity contribution in [2.24, 2.45) is 0 Å². The molecule has 3 aliphatic rings. The molecule has 3 aliphatic heterocycles. The normalized spacial score (nSPS) is 13.8. The first-order valence-corrected chi connectivity index (χ1v) is 35.8. The molecule has 0 bridgehead atoms. The van der Waals surface area contributed by atoms with Crippen molar-refractivity contribution < 1.29 is 0 Å². The van der Waals surface area contributed by atoms with Crippen LogP contribution < -0.4 is 51.8 Å². The molecule has 0 unspecified atom stereocenters. The summed E-state index contributed by atoms with van der Waals surface area (Å²) in [5, 5.41) is 15.5. The van der Waals surface area contributed by atoms with Crippen LogP contribution in [0.1, 0.15) is 0 Å². The van der Waals surface area contributed by atoms with Crippen LogP contribution in [0.2, 0.25) is 0 Å². The van der Waals surface area contributed by atoms with E-state index in [4.69, 9.17) is 0 Å². The van der Waals surface area contributed by atoms with Crippen molar-refractivity contribution in [3.63, 3.8) is 0 Å². The van der Waals surface area contributed by atoms with E-state index in [2.05, 4.69) is 363 Å². The number of para-hydroxylation sites is 6. The van der Waals surface area contributed by atoms with Crippen LogP contribution in [-0.2, 0) is 0 Å². The number of fused-ring (bicyclic) bond motifs is 18. The maximum absolute atomic E-state index is 3.26. The summed E-state index contributed by atoms with van der Waals surface area (Å²) in [6, 6.07) is 129. The minimum Gasteiger partial charge on any atom is -0.311 e. The lowest BCUT2D eigenvalue weighted by Gasteiger charge is -2.47. The van der Waals surface area contributed by atoms with Crippen LogP contribution >= 0.6 is 0 Å². The quantitative estimate of drug-likeness (QED) is 0.148. The Labute approximate surface area is 561 Å². The molecule has 0 saturated heterocycles. The van der Waals surface area contributed by atoms with Crippen molar-refractivity contribution in [2.75, 3.05) is 14.7 Å². The first-order chi connectivity index (χ1) is 48.2. The van der Waals surface area contributed by atoms with Crippen molar-refractivity contribution in [3.8, 4) is 22.3 Å². The maximum atomic E-state index is 2.65. The molecule has 22 rings (SSSR count). The maximum Gasteiger partial charge on any atom is 0.252 e. The number of nitrogens with zero attached hydrogens (tertiary/aromatic N) is 5. The molecule has 0 radical (unpaired) electrons. The van der Waals surface area contributed by atoms with E-state index in [1.165, 1.54) is 158 Å². The number of hydrogen-bond acceptors (Lipinski definition) is 3. The molecule has 5 nitrogen and oxygen atoms in total. The molecule has 0 amide bonds. The summed E-state index contributed by atoms with van der Waals surface area (Å²) >= 11 is 0. The Morgan fingerprint density at radius 3 is 1.02 bits per heavy atom. The Hall–Kier alpha value is -12.4. The van der Waals surface area contributed by atoms with Gasteiger partial charge in [0.15, 0.2) is 8.07 Å². The van der Waals surface area contributed by atoms with Crippen LogP contribution in [0.25, 0.3) is 98.4 Å². The second kappa shape index (κ2) is 19.8. The average Bonchev–Trinajstić information content (AvgIpc) is 1.61. The minimum atomic E-state index is -3.26. The van der Waals surface area contributed by atoms with Gasteiger partial charge in [-0.1, -0.05) is 267 Å². The molecule has 15 aromatic carbocycles. The summed E-state index contributed by atoms with van der Waals surface area (Å²) in [7, 11) is -3.26. The van der Waals surface area contributed by atoms with E-state index in [0.717, 1.165) is 28.4 Å². The largest absolute Gasteiger partial charge is 0.311 e. The zero-order chi connectivity index (χ0) is 63.2. The van der Waals surface area contributed by atoms with Crippen molar-refractivity contribution in [2.45, 2.75) is 0 Å². The zero-order valence-electron chi connectivity index (χ0n) is 52.6. The first-order valence-electron chi connectivity index (χ1n) is 33.8. The predicted octanol–water partition coefficient (Wildman–Crippen LogP) is 18.6. The molecular weight excluding hydrogens is 1190 g/mol. The summed E-state index contributed by atoms with van der Waals surface area (Å²) < 4.78 is 5.11. The van der Waals surface area contributed by atoms with Gasteiger partial charge in [0.2, 0.25) is 0 Å². The monoisotopic (exact) mass is 1250 g/mol. The number of rotatable bonds is 7. The lowest BCUT2D eigenvalue weighted by Crippen LogP contribution is -2.77. The van der Waals surface area contributed by atoms with E-state index in [1.807, 2.05) is 0 Å². The van der Waals surface area contributed by atoms with Gasteiger partial charge in [-0.25, -0.2) is 0 Å². The second-order valence-electron chi connectivity index (χ2n) is 26.7. The van der Waals surface area contributed by atoms with Crippen molar-refractivity contribution in [1.29, 1.82) is 0 Å². The summed E-state index contributed by atoms with van der Waals surface area (Å²) in [6.45, 7) is -0.189. The van der Waals surface area contributed by atoms with Gasteiger partial charge >= 0.3 is 0 Å². The first kappa shape index (κ1) is 53.0. The summed E-state index contributed by atoms with van der Waals surface area (Å²) in [5.74, 6) is 0. The van der Waals surface area contributed by atoms with E-state index in [-0.39, 0.29) is 6.71 Å². The molecule has 0 aliphatic carbocycles. The molecule has 4 aromatic heterocycles. The fourth-order valence-electron chi connectivity index (χ4n) is 18.1. The van der Waals surface area contributed by atoms with E-state index >= 15 is 0 Å². The standard InChI is InChI=1S/C90H56BN5Si/c1-7-25-57(26-8-1)59-45-47-78-86(49-59)97(64-33-15-5-16-34-64,65-35-17-6-18-36-65)87-50-60(58-27-9-2-10-28-58)46-48-79(87)94(78)63-51-84-88-85(52-63)93(62-31-13-4-14-32-62)83-56-81-73(71-42-24-40-69-67-38-20-22-44-77(67)96(81)90(69)71)54-75(83)91(88)74-53-72-70-41-23-39-68-66-37-19-21-43-76(66)95(89(68)70)80(72)55-82(74)92(84)61-29-11-3-12-30-61/h1-56H. The second-order valence-corrected chi connectivity index (χ2v) is 30.4. The minimum absolute atomic E-state index is 0.189. The molecule has 97 heavy (non-hydrogen) atoms. The number of anilines is 9. The zero-order valence-corrected chi connectivity index (χ0v) is 53.6. The van der Waals surface area contributed by atoms with Crippen molar-refractivity contribution in [3.05, 3.63) is 340 Å². The fraction of sp³-hybridized carbons (Fsp3) is 0. The van der Waals surface area contributed by atoms with Gasteiger partial charge in [-0.05, 0) is 132 Å². The molecule has 7 heteroatoms. The van der Waals surface area contributed by atoms with Crippen molar-refractivity contribution >= 4 is 179 Å². The van der Waals surface area contributed by atoms with Crippen LogP contribution in [-0.4, -0.2) is 23.6 Å². The van der Waals surface area contributed by atoms with Gasteiger partial charge in [-0.15, -0.1) is 0 Å². The van der Waals surface area contributed by atoms with Crippen molar-refractivity contribution in [1.82, 2.24) is 8.80 Å². The summed E-state index contributed by atoms with van der Waals surface area (Å²) in [6.07, 6.45) is 0. The molecule has 0 atom stereocenters. The summed E-state index contributed by atoms with van der Waals surface area (Å²) in [5.41, 5.74) is 26.2. The Morgan fingerprint density at radius 2 is 0.588 bits per heavy atom. The molecule has 0 saturated carbocycles. The van der Waals surface area contributed by atoms with Gasteiger partial charge in [0.1, 0.15) is 0 Å².